The zero-order valence-electron chi connectivity index (χ0n) is 9.93. The van der Waals surface area contributed by atoms with Gasteiger partial charge in [0.25, 0.3) is 0 Å². The van der Waals surface area contributed by atoms with Gasteiger partial charge in [0.05, 0.1) is 6.54 Å². The molecule has 0 radical (unpaired) electrons. The van der Waals surface area contributed by atoms with Crippen molar-refractivity contribution < 1.29 is 14.7 Å². The first kappa shape index (κ1) is 12.4. The van der Waals surface area contributed by atoms with E-state index >= 15 is 0 Å². The fourth-order valence-electron chi connectivity index (χ4n) is 2.10. The number of carbonyl (C=O) groups is 2. The van der Waals surface area contributed by atoms with Crippen molar-refractivity contribution in [1.29, 1.82) is 0 Å². The number of rotatable bonds is 4. The Morgan fingerprint density at radius 2 is 2.44 bits per heavy atom. The zero-order chi connectivity index (χ0) is 13.0. The van der Waals surface area contributed by atoms with Crippen molar-refractivity contribution in [3.8, 4) is 0 Å². The molecule has 0 bridgehead atoms. The Kier molecular flexibility index (Phi) is 3.81. The number of imidazole rings is 1. The molecular weight excluding hydrogens is 236 g/mol. The number of nitrogens with zero attached hydrogens (tertiary/aromatic N) is 2. The first-order valence-corrected chi connectivity index (χ1v) is 5.88. The number of nitrogens with one attached hydrogen (secondary N) is 2. The summed E-state index contributed by atoms with van der Waals surface area (Å²) in [7, 11) is 0. The van der Waals surface area contributed by atoms with E-state index in [1.807, 2.05) is 0 Å². The van der Waals surface area contributed by atoms with Gasteiger partial charge in [0.1, 0.15) is 5.82 Å². The van der Waals surface area contributed by atoms with Gasteiger partial charge in [-0.25, -0.2) is 9.78 Å². The number of carboxylic acid groups (broad SMARTS) is 1. The molecule has 0 aromatic carbocycles. The first-order chi connectivity index (χ1) is 8.65. The van der Waals surface area contributed by atoms with Gasteiger partial charge in [0.15, 0.2) is 0 Å². The van der Waals surface area contributed by atoms with Gasteiger partial charge in [-0.1, -0.05) is 0 Å². The predicted molar refractivity (Wildman–Crippen MR) is 62.8 cm³/mol. The lowest BCUT2D eigenvalue weighted by molar-refractivity contribution is -0.138. The molecule has 1 fully saturated rings. The van der Waals surface area contributed by atoms with Crippen LogP contribution in [0.25, 0.3) is 0 Å². The van der Waals surface area contributed by atoms with Gasteiger partial charge in [-0.2, -0.15) is 0 Å². The molecule has 18 heavy (non-hydrogen) atoms. The van der Waals surface area contributed by atoms with Crippen molar-refractivity contribution in [3.05, 3.63) is 18.2 Å². The van der Waals surface area contributed by atoms with Gasteiger partial charge >= 0.3 is 12.0 Å². The summed E-state index contributed by atoms with van der Waals surface area (Å²) in [6.45, 7) is 1.48. The maximum atomic E-state index is 11.8. The lowest BCUT2D eigenvalue weighted by Gasteiger charge is -2.16. The molecule has 0 aliphatic carbocycles. The van der Waals surface area contributed by atoms with Crippen LogP contribution in [0.3, 0.4) is 0 Å². The molecule has 7 heteroatoms. The summed E-state index contributed by atoms with van der Waals surface area (Å²) in [4.78, 5) is 30.9. The highest BCUT2D eigenvalue weighted by atomic mass is 16.4. The monoisotopic (exact) mass is 252 g/mol. The summed E-state index contributed by atoms with van der Waals surface area (Å²) in [5, 5.41) is 11.4. The third kappa shape index (κ3) is 3.22. The van der Waals surface area contributed by atoms with Crippen molar-refractivity contribution in [2.75, 3.05) is 13.1 Å². The number of carboxylic acids is 1. The summed E-state index contributed by atoms with van der Waals surface area (Å²) in [6.07, 6.45) is 4.20. The highest BCUT2D eigenvalue weighted by Gasteiger charge is 2.27. The number of aliphatic carboxylic acids is 1. The molecule has 1 saturated heterocycles. The first-order valence-electron chi connectivity index (χ1n) is 5.88. The Hall–Kier alpha value is -2.05. The topological polar surface area (TPSA) is 98.3 Å². The maximum absolute atomic E-state index is 11.8. The number of H-pyrrole nitrogens is 1. The summed E-state index contributed by atoms with van der Waals surface area (Å²) in [6, 6.07) is -0.167. The number of aromatic amines is 1. The second-order valence-corrected chi connectivity index (χ2v) is 4.39. The minimum Gasteiger partial charge on any atom is -0.481 e. The molecule has 2 rings (SSSR count). The molecule has 98 valence electrons. The maximum Gasteiger partial charge on any atom is 0.317 e. The third-order valence-electron chi connectivity index (χ3n) is 3.00. The van der Waals surface area contributed by atoms with E-state index in [9.17, 15) is 9.59 Å². The van der Waals surface area contributed by atoms with Crippen molar-refractivity contribution in [2.24, 2.45) is 5.92 Å². The molecule has 2 heterocycles. The number of aromatic nitrogens is 2. The minimum atomic E-state index is -0.808. The third-order valence-corrected chi connectivity index (χ3v) is 3.00. The van der Waals surface area contributed by atoms with Gasteiger partial charge < -0.3 is 20.3 Å². The quantitative estimate of drug-likeness (QED) is 0.723. The van der Waals surface area contributed by atoms with Crippen molar-refractivity contribution in [3.63, 3.8) is 0 Å². The Morgan fingerprint density at radius 1 is 1.61 bits per heavy atom. The van der Waals surface area contributed by atoms with E-state index in [1.165, 1.54) is 0 Å². The average Bonchev–Trinajstić information content (AvgIpc) is 2.95. The number of likely N-dealkylation sites (tertiary alicyclic amines) is 1. The van der Waals surface area contributed by atoms with Crippen LogP contribution >= 0.6 is 0 Å². The molecule has 1 aliphatic rings. The van der Waals surface area contributed by atoms with E-state index in [-0.39, 0.29) is 18.4 Å². The van der Waals surface area contributed by atoms with E-state index in [0.717, 1.165) is 6.42 Å². The smallest absolute Gasteiger partial charge is 0.317 e. The zero-order valence-corrected chi connectivity index (χ0v) is 9.93. The number of urea groups is 1. The Balaban J connectivity index is 1.75. The molecular formula is C11H16N4O3. The Labute approximate surface area is 104 Å². The van der Waals surface area contributed by atoms with Crippen LogP contribution in [0.4, 0.5) is 4.79 Å². The number of hydrogen-bond acceptors (Lipinski definition) is 3. The molecule has 1 aliphatic heterocycles. The van der Waals surface area contributed by atoms with Crippen LogP contribution in [0.1, 0.15) is 18.7 Å². The highest BCUT2D eigenvalue weighted by molar-refractivity contribution is 5.74. The lowest BCUT2D eigenvalue weighted by atomic mass is 10.1. The SMILES string of the molecule is O=C(O)CC1CCN(C(=O)NCc2ncc[nH]2)C1. The molecule has 1 atom stereocenters. The van der Waals surface area contributed by atoms with Crippen molar-refractivity contribution in [2.45, 2.75) is 19.4 Å². The molecule has 2 amide bonds. The molecule has 0 saturated carbocycles. The number of hydrogen-bond donors (Lipinski definition) is 3. The predicted octanol–water partition coefficient (Wildman–Crippen LogP) is 0.416. The second kappa shape index (κ2) is 5.52. The second-order valence-electron chi connectivity index (χ2n) is 4.39. The van der Waals surface area contributed by atoms with E-state index in [2.05, 4.69) is 15.3 Å². The molecule has 1 aromatic rings. The van der Waals surface area contributed by atoms with Crippen LogP contribution < -0.4 is 5.32 Å². The molecule has 3 N–H and O–H groups in total. The molecule has 7 nitrogen and oxygen atoms in total. The Morgan fingerprint density at radius 3 is 3.11 bits per heavy atom. The molecule has 1 aromatic heterocycles. The summed E-state index contributed by atoms with van der Waals surface area (Å²) in [5.41, 5.74) is 0. The minimum absolute atomic E-state index is 0.0665. The van der Waals surface area contributed by atoms with Crippen LogP contribution in [0, 0.1) is 5.92 Å². The van der Waals surface area contributed by atoms with Gasteiger partial charge in [0, 0.05) is 31.9 Å². The number of carbonyl (C=O) groups excluding carboxylic acids is 1. The fraction of sp³-hybridized carbons (Fsp3) is 0.545. The van der Waals surface area contributed by atoms with Crippen LogP contribution in [0.5, 0.6) is 0 Å². The van der Waals surface area contributed by atoms with E-state index in [4.69, 9.17) is 5.11 Å². The van der Waals surface area contributed by atoms with E-state index in [1.54, 1.807) is 17.3 Å². The van der Waals surface area contributed by atoms with Crippen molar-refractivity contribution in [1.82, 2.24) is 20.2 Å². The van der Waals surface area contributed by atoms with Crippen molar-refractivity contribution >= 4 is 12.0 Å². The van der Waals surface area contributed by atoms with Crippen LogP contribution in [-0.2, 0) is 11.3 Å². The average molecular weight is 252 g/mol. The molecule has 1 unspecified atom stereocenters. The summed E-state index contributed by atoms with van der Waals surface area (Å²) >= 11 is 0. The fourth-order valence-corrected chi connectivity index (χ4v) is 2.10. The van der Waals surface area contributed by atoms with Crippen LogP contribution in [-0.4, -0.2) is 45.1 Å². The normalized spacial score (nSPS) is 18.9. The van der Waals surface area contributed by atoms with Gasteiger partial charge in [-0.3, -0.25) is 4.79 Å². The summed E-state index contributed by atoms with van der Waals surface area (Å²) < 4.78 is 0. The standard InChI is InChI=1S/C11H16N4O3/c16-10(17)5-8-1-4-15(7-8)11(18)14-6-9-12-2-3-13-9/h2-3,8H,1,4-7H2,(H,12,13)(H,14,18)(H,16,17). The van der Waals surface area contributed by atoms with Crippen LogP contribution in [0.2, 0.25) is 0 Å². The van der Waals surface area contributed by atoms with Gasteiger partial charge in [-0.15, -0.1) is 0 Å². The number of amides is 2. The Bertz CT molecular complexity index is 418. The molecule has 0 spiro atoms. The largest absolute Gasteiger partial charge is 0.481 e. The van der Waals surface area contributed by atoms with E-state index < -0.39 is 5.97 Å². The van der Waals surface area contributed by atoms with Gasteiger partial charge in [0.2, 0.25) is 0 Å². The van der Waals surface area contributed by atoms with Crippen LogP contribution in [0.15, 0.2) is 12.4 Å². The summed E-state index contributed by atoms with van der Waals surface area (Å²) in [5.74, 6) is -0.0423. The van der Waals surface area contributed by atoms with Gasteiger partial charge in [-0.05, 0) is 12.3 Å². The lowest BCUT2D eigenvalue weighted by Crippen LogP contribution is -2.38. The van der Waals surface area contributed by atoms with E-state index in [0.29, 0.717) is 25.5 Å². The highest BCUT2D eigenvalue weighted by Crippen LogP contribution is 2.19.